The maximum atomic E-state index is 10.8. The molecule has 1 N–H and O–H groups in total. The van der Waals surface area contributed by atoms with E-state index in [9.17, 15) is 4.79 Å². The topological polar surface area (TPSA) is 59.9 Å². The van der Waals surface area contributed by atoms with Gasteiger partial charge in [0.1, 0.15) is 5.75 Å². The van der Waals surface area contributed by atoms with E-state index in [-0.39, 0.29) is 0 Å². The molecule has 0 aromatic heterocycles. The lowest BCUT2D eigenvalue weighted by Crippen LogP contribution is -2.16. The molecular formula is C12H14N2O3. The normalized spacial score (nSPS) is 13.9. The van der Waals surface area contributed by atoms with Crippen molar-refractivity contribution in [3.63, 3.8) is 0 Å². The summed E-state index contributed by atoms with van der Waals surface area (Å²) < 4.78 is 9.90. The summed E-state index contributed by atoms with van der Waals surface area (Å²) >= 11 is 0. The molecule has 0 unspecified atom stereocenters. The van der Waals surface area contributed by atoms with Gasteiger partial charge >= 0.3 is 6.09 Å². The van der Waals surface area contributed by atoms with Crippen LogP contribution >= 0.6 is 0 Å². The Morgan fingerprint density at radius 3 is 3.29 bits per heavy atom. The Balaban J connectivity index is 2.04. The summed E-state index contributed by atoms with van der Waals surface area (Å²) in [6.45, 7) is 0.782. The van der Waals surface area contributed by atoms with Gasteiger partial charge in [-0.05, 0) is 42.2 Å². The summed E-state index contributed by atoms with van der Waals surface area (Å²) in [7, 11) is 1.29. The highest BCUT2D eigenvalue weighted by molar-refractivity contribution is 5.81. The molecule has 90 valence electrons. The summed E-state index contributed by atoms with van der Waals surface area (Å²) in [5, 5.41) is 3.77. The second kappa shape index (κ2) is 5.34. The van der Waals surface area contributed by atoms with Gasteiger partial charge < -0.3 is 9.47 Å². The number of amides is 1. The van der Waals surface area contributed by atoms with E-state index in [0.29, 0.717) is 0 Å². The summed E-state index contributed by atoms with van der Waals surface area (Å²) in [5.41, 5.74) is 4.34. The van der Waals surface area contributed by atoms with Crippen molar-refractivity contribution < 1.29 is 14.3 Å². The van der Waals surface area contributed by atoms with Crippen LogP contribution in [0.4, 0.5) is 4.79 Å². The van der Waals surface area contributed by atoms with Gasteiger partial charge in [-0.2, -0.15) is 5.10 Å². The number of fused-ring (bicyclic) bond motifs is 1. The van der Waals surface area contributed by atoms with Crippen molar-refractivity contribution in [3.8, 4) is 5.75 Å². The Bertz CT molecular complexity index is 443. The molecule has 0 spiro atoms. The number of hydrazone groups is 1. The van der Waals surface area contributed by atoms with Gasteiger partial charge in [0.2, 0.25) is 0 Å². The van der Waals surface area contributed by atoms with Gasteiger partial charge in [0.05, 0.1) is 19.9 Å². The van der Waals surface area contributed by atoms with Crippen molar-refractivity contribution >= 4 is 12.3 Å². The Morgan fingerprint density at radius 1 is 1.59 bits per heavy atom. The molecule has 0 atom stereocenters. The van der Waals surface area contributed by atoms with Crippen molar-refractivity contribution in [3.05, 3.63) is 29.3 Å². The number of carbonyl (C=O) groups is 1. The lowest BCUT2D eigenvalue weighted by molar-refractivity contribution is 0.171. The molecule has 5 nitrogen and oxygen atoms in total. The lowest BCUT2D eigenvalue weighted by Gasteiger charge is -2.16. The highest BCUT2D eigenvalue weighted by atomic mass is 16.5. The quantitative estimate of drug-likeness (QED) is 0.626. The Labute approximate surface area is 99.4 Å². The highest BCUT2D eigenvalue weighted by Crippen LogP contribution is 2.24. The van der Waals surface area contributed by atoms with Gasteiger partial charge in [0, 0.05) is 0 Å². The summed E-state index contributed by atoms with van der Waals surface area (Å²) in [4.78, 5) is 10.8. The third-order valence-electron chi connectivity index (χ3n) is 2.49. The molecule has 0 aliphatic carbocycles. The van der Waals surface area contributed by atoms with E-state index in [1.54, 1.807) is 6.21 Å². The number of benzene rings is 1. The molecule has 0 radical (unpaired) electrons. The third kappa shape index (κ3) is 2.96. The first-order valence-electron chi connectivity index (χ1n) is 5.42. The van der Waals surface area contributed by atoms with Crippen LogP contribution in [-0.4, -0.2) is 26.0 Å². The van der Waals surface area contributed by atoms with E-state index in [1.165, 1.54) is 12.7 Å². The zero-order chi connectivity index (χ0) is 12.1. The van der Waals surface area contributed by atoms with E-state index >= 15 is 0 Å². The summed E-state index contributed by atoms with van der Waals surface area (Å²) in [6, 6.07) is 5.83. The number of nitrogens with one attached hydrogen (secondary N) is 1. The minimum atomic E-state index is -0.581. The number of aryl methyl sites for hydroxylation is 1. The standard InChI is InChI=1S/C12H14N2O3/c1-16-12(15)14-13-8-9-4-5-11-10(7-9)3-2-6-17-11/h4-5,7-8H,2-3,6H2,1H3,(H,14,15)/b13-8+. The number of ether oxygens (including phenoxy) is 2. The Kier molecular flexibility index (Phi) is 3.59. The number of hydrogen-bond acceptors (Lipinski definition) is 4. The molecule has 1 aromatic rings. The molecule has 1 aliphatic heterocycles. The van der Waals surface area contributed by atoms with Crippen molar-refractivity contribution in [2.75, 3.05) is 13.7 Å². The second-order valence-electron chi connectivity index (χ2n) is 3.68. The fraction of sp³-hybridized carbons (Fsp3) is 0.333. The molecule has 1 aromatic carbocycles. The average molecular weight is 234 g/mol. The molecule has 17 heavy (non-hydrogen) atoms. The van der Waals surface area contributed by atoms with E-state index < -0.39 is 6.09 Å². The van der Waals surface area contributed by atoms with Crippen LogP contribution in [0.15, 0.2) is 23.3 Å². The lowest BCUT2D eigenvalue weighted by atomic mass is 10.0. The molecule has 0 saturated heterocycles. The molecule has 2 rings (SSSR count). The molecule has 1 amide bonds. The van der Waals surface area contributed by atoms with Crippen LogP contribution in [0, 0.1) is 0 Å². The van der Waals surface area contributed by atoms with Crippen molar-refractivity contribution in [2.24, 2.45) is 5.10 Å². The van der Waals surface area contributed by atoms with Crippen molar-refractivity contribution in [1.82, 2.24) is 5.43 Å². The van der Waals surface area contributed by atoms with Gasteiger partial charge in [-0.15, -0.1) is 0 Å². The number of methoxy groups -OCH3 is 1. The maximum absolute atomic E-state index is 10.8. The number of rotatable bonds is 2. The maximum Gasteiger partial charge on any atom is 0.427 e. The van der Waals surface area contributed by atoms with Crippen LogP contribution in [0.5, 0.6) is 5.75 Å². The minimum absolute atomic E-state index is 0.581. The van der Waals surface area contributed by atoms with Gasteiger partial charge in [-0.25, -0.2) is 10.2 Å². The minimum Gasteiger partial charge on any atom is -0.493 e. The van der Waals surface area contributed by atoms with Crippen LogP contribution in [0.3, 0.4) is 0 Å². The number of hydrogen-bond donors (Lipinski definition) is 1. The second-order valence-corrected chi connectivity index (χ2v) is 3.68. The molecule has 0 saturated carbocycles. The zero-order valence-corrected chi connectivity index (χ0v) is 9.60. The van der Waals surface area contributed by atoms with Gasteiger partial charge in [0.15, 0.2) is 0 Å². The largest absolute Gasteiger partial charge is 0.493 e. The van der Waals surface area contributed by atoms with E-state index in [0.717, 1.165) is 30.8 Å². The van der Waals surface area contributed by atoms with Crippen molar-refractivity contribution in [2.45, 2.75) is 12.8 Å². The molecule has 1 aliphatic rings. The smallest absolute Gasteiger partial charge is 0.427 e. The predicted octanol–water partition coefficient (Wildman–Crippen LogP) is 1.70. The van der Waals surface area contributed by atoms with E-state index in [2.05, 4.69) is 15.3 Å². The number of nitrogens with zero attached hydrogens (tertiary/aromatic N) is 1. The fourth-order valence-electron chi connectivity index (χ4n) is 1.67. The Hall–Kier alpha value is -2.04. The van der Waals surface area contributed by atoms with Gasteiger partial charge in [0.25, 0.3) is 0 Å². The van der Waals surface area contributed by atoms with E-state index in [4.69, 9.17) is 4.74 Å². The van der Waals surface area contributed by atoms with Crippen LogP contribution in [-0.2, 0) is 11.2 Å². The van der Waals surface area contributed by atoms with Crippen molar-refractivity contribution in [1.29, 1.82) is 0 Å². The third-order valence-corrected chi connectivity index (χ3v) is 2.49. The van der Waals surface area contributed by atoms with Crippen LogP contribution in [0.2, 0.25) is 0 Å². The first-order valence-corrected chi connectivity index (χ1v) is 5.42. The van der Waals surface area contributed by atoms with Gasteiger partial charge in [-0.1, -0.05) is 0 Å². The average Bonchev–Trinajstić information content (AvgIpc) is 2.38. The SMILES string of the molecule is COC(=O)N/N=C/c1ccc2c(c1)CCCO2. The van der Waals surface area contributed by atoms with E-state index in [1.807, 2.05) is 18.2 Å². The first kappa shape index (κ1) is 11.4. The summed E-state index contributed by atoms with van der Waals surface area (Å²) in [5.74, 6) is 0.939. The predicted molar refractivity (Wildman–Crippen MR) is 63.4 cm³/mol. The number of carbonyl (C=O) groups excluding carboxylic acids is 1. The summed E-state index contributed by atoms with van der Waals surface area (Å²) in [6.07, 6.45) is 3.05. The molecule has 0 bridgehead atoms. The molecule has 0 fully saturated rings. The molecule has 1 heterocycles. The van der Waals surface area contributed by atoms with Crippen LogP contribution < -0.4 is 10.2 Å². The zero-order valence-electron chi connectivity index (χ0n) is 9.60. The van der Waals surface area contributed by atoms with Gasteiger partial charge in [-0.3, -0.25) is 0 Å². The molecule has 5 heteroatoms. The Morgan fingerprint density at radius 2 is 2.47 bits per heavy atom. The fourth-order valence-corrected chi connectivity index (χ4v) is 1.67. The monoisotopic (exact) mass is 234 g/mol. The molecular weight excluding hydrogens is 220 g/mol. The highest BCUT2D eigenvalue weighted by Gasteiger charge is 2.09. The van der Waals surface area contributed by atoms with Crippen LogP contribution in [0.1, 0.15) is 17.5 Å². The van der Waals surface area contributed by atoms with Crippen LogP contribution in [0.25, 0.3) is 0 Å². The first-order chi connectivity index (χ1) is 8.29.